The third-order valence-corrected chi connectivity index (χ3v) is 11.4. The molecule has 4 saturated carbocycles. The quantitative estimate of drug-likeness (QED) is 0.340. The van der Waals surface area contributed by atoms with Crippen molar-refractivity contribution in [1.82, 2.24) is 0 Å². The Kier molecular flexibility index (Phi) is 7.02. The van der Waals surface area contributed by atoms with Gasteiger partial charge < -0.3 is 26.4 Å². The number of carbonyl (C=O) groups excluding carboxylic acids is 1. The molecule has 6 N–H and O–H groups in total. The number of ether oxygens (including phenoxy) is 1. The number of hydrogen-bond acceptors (Lipinski definition) is 6. The van der Waals surface area contributed by atoms with Crippen molar-refractivity contribution in [2.75, 3.05) is 6.54 Å². The number of rotatable bonds is 5. The molecule has 5 rings (SSSR count). The molecule has 38 heavy (non-hydrogen) atoms. The molecule has 4 aliphatic rings. The van der Waals surface area contributed by atoms with Crippen LogP contribution in [0.2, 0.25) is 0 Å². The standard InChI is InChI=1S/C31H44N2O5/c1-18(34)38-25-16-30(3)23(27(25)20(28(36)37)15-19-7-5-4-6-8-19)9-10-26-29(2)13-12-24(35)21(17-32)22(29)11-14-31(26,30)33/h4-8,21-26,35H,9-17,32-33H2,1-3H3,(H,36,37)/b27-20-/t21-,22-,23-,24+,25-,26-,29-,30-,31+/m0/s1. The monoisotopic (exact) mass is 524 g/mol. The lowest BCUT2D eigenvalue weighted by Gasteiger charge is -2.67. The third kappa shape index (κ3) is 4.04. The zero-order valence-electron chi connectivity index (χ0n) is 23.0. The SMILES string of the molecule is CC(=O)O[C@H]1C[C@@]2(C)[C@@H](CC[C@H]3[C@@]4(C)CC[C@@H](O)[C@@H](CN)[C@@H]4CC[C@@]32N)/C1=C(\Cc1ccccc1)C(=O)O. The molecule has 0 saturated heterocycles. The predicted molar refractivity (Wildman–Crippen MR) is 145 cm³/mol. The Bertz CT molecular complexity index is 1120. The lowest BCUT2D eigenvalue weighted by Crippen LogP contribution is -2.71. The highest BCUT2D eigenvalue weighted by molar-refractivity contribution is 5.89. The highest BCUT2D eigenvalue weighted by atomic mass is 16.5. The van der Waals surface area contributed by atoms with Crippen molar-refractivity contribution in [3.8, 4) is 0 Å². The van der Waals surface area contributed by atoms with Crippen LogP contribution in [-0.2, 0) is 20.7 Å². The van der Waals surface area contributed by atoms with E-state index in [1.54, 1.807) is 0 Å². The van der Waals surface area contributed by atoms with Crippen LogP contribution >= 0.6 is 0 Å². The van der Waals surface area contributed by atoms with Crippen LogP contribution in [0.4, 0.5) is 0 Å². The first-order chi connectivity index (χ1) is 18.0. The van der Waals surface area contributed by atoms with Gasteiger partial charge in [0.1, 0.15) is 6.10 Å². The normalized spacial score (nSPS) is 43.4. The maximum atomic E-state index is 12.7. The lowest BCUT2D eigenvalue weighted by atomic mass is 9.39. The number of esters is 1. The Morgan fingerprint density at radius 1 is 1.08 bits per heavy atom. The summed E-state index contributed by atoms with van der Waals surface area (Å²) < 4.78 is 5.89. The summed E-state index contributed by atoms with van der Waals surface area (Å²) in [6.07, 6.45) is 4.94. The van der Waals surface area contributed by atoms with E-state index in [0.29, 0.717) is 24.5 Å². The summed E-state index contributed by atoms with van der Waals surface area (Å²) in [5.41, 5.74) is 14.8. The molecule has 0 amide bonds. The maximum absolute atomic E-state index is 12.7. The molecular weight excluding hydrogens is 480 g/mol. The first kappa shape index (κ1) is 27.4. The van der Waals surface area contributed by atoms with Crippen LogP contribution in [-0.4, -0.2) is 46.4 Å². The molecule has 208 valence electrons. The largest absolute Gasteiger partial charge is 0.478 e. The number of carboxylic acids is 1. The fourth-order valence-corrected chi connectivity index (χ4v) is 9.68. The summed E-state index contributed by atoms with van der Waals surface area (Å²) in [5.74, 6) is -0.780. The maximum Gasteiger partial charge on any atom is 0.332 e. The smallest absolute Gasteiger partial charge is 0.332 e. The molecule has 1 aromatic rings. The summed E-state index contributed by atoms with van der Waals surface area (Å²) in [4.78, 5) is 25.0. The summed E-state index contributed by atoms with van der Waals surface area (Å²) in [6, 6.07) is 9.62. The Hall–Kier alpha value is -2.22. The number of hydrogen-bond donors (Lipinski definition) is 4. The molecular formula is C31H44N2O5. The van der Waals surface area contributed by atoms with Gasteiger partial charge in [-0.1, -0.05) is 44.2 Å². The summed E-state index contributed by atoms with van der Waals surface area (Å²) in [5, 5.41) is 21.2. The minimum atomic E-state index is -0.957. The first-order valence-corrected chi connectivity index (χ1v) is 14.3. The van der Waals surface area contributed by atoms with Gasteiger partial charge in [0, 0.05) is 30.4 Å². The van der Waals surface area contributed by atoms with Gasteiger partial charge in [0.2, 0.25) is 0 Å². The van der Waals surface area contributed by atoms with Gasteiger partial charge in [0.05, 0.1) is 6.10 Å². The molecule has 0 aromatic heterocycles. The Labute approximate surface area is 226 Å². The summed E-state index contributed by atoms with van der Waals surface area (Å²) >= 11 is 0. The van der Waals surface area contributed by atoms with Crippen LogP contribution in [0.25, 0.3) is 0 Å². The van der Waals surface area contributed by atoms with Crippen molar-refractivity contribution in [3.05, 3.63) is 47.0 Å². The topological polar surface area (TPSA) is 136 Å². The van der Waals surface area contributed by atoms with Crippen molar-refractivity contribution in [2.45, 2.75) is 89.9 Å². The number of carbonyl (C=O) groups is 2. The molecule has 0 bridgehead atoms. The molecule has 4 fully saturated rings. The molecule has 7 heteroatoms. The second-order valence-electron chi connectivity index (χ2n) is 13.0. The number of carboxylic acid groups (broad SMARTS) is 1. The predicted octanol–water partition coefficient (Wildman–Crippen LogP) is 3.82. The van der Waals surface area contributed by atoms with Crippen molar-refractivity contribution in [2.24, 2.45) is 46.0 Å². The van der Waals surface area contributed by atoms with Crippen LogP contribution in [0, 0.1) is 34.5 Å². The van der Waals surface area contributed by atoms with Gasteiger partial charge in [-0.2, -0.15) is 0 Å². The van der Waals surface area contributed by atoms with Crippen LogP contribution in [0.3, 0.4) is 0 Å². The highest BCUT2D eigenvalue weighted by Crippen LogP contribution is 2.70. The zero-order valence-corrected chi connectivity index (χ0v) is 23.0. The van der Waals surface area contributed by atoms with E-state index in [-0.39, 0.29) is 35.7 Å². The van der Waals surface area contributed by atoms with Crippen LogP contribution < -0.4 is 11.5 Å². The Balaban J connectivity index is 1.59. The van der Waals surface area contributed by atoms with E-state index in [1.165, 1.54) is 6.92 Å². The number of benzene rings is 1. The van der Waals surface area contributed by atoms with E-state index < -0.39 is 29.0 Å². The van der Waals surface area contributed by atoms with Crippen LogP contribution in [0.5, 0.6) is 0 Å². The highest BCUT2D eigenvalue weighted by Gasteiger charge is 2.69. The molecule has 9 atom stereocenters. The number of nitrogens with two attached hydrogens (primary N) is 2. The zero-order chi connectivity index (χ0) is 27.5. The molecule has 0 radical (unpaired) electrons. The molecule has 4 aliphatic carbocycles. The van der Waals surface area contributed by atoms with Crippen LogP contribution in [0.1, 0.15) is 71.3 Å². The third-order valence-electron chi connectivity index (χ3n) is 11.4. The minimum Gasteiger partial charge on any atom is -0.478 e. The lowest BCUT2D eigenvalue weighted by molar-refractivity contribution is -0.166. The Morgan fingerprint density at radius 2 is 1.79 bits per heavy atom. The molecule has 0 aliphatic heterocycles. The average Bonchev–Trinajstić information content (AvgIpc) is 3.15. The second-order valence-corrected chi connectivity index (χ2v) is 13.0. The van der Waals surface area contributed by atoms with Crippen molar-refractivity contribution >= 4 is 11.9 Å². The van der Waals surface area contributed by atoms with Gasteiger partial charge in [-0.25, -0.2) is 4.79 Å². The van der Waals surface area contributed by atoms with Gasteiger partial charge in [-0.15, -0.1) is 0 Å². The molecule has 1 aromatic carbocycles. The fourth-order valence-electron chi connectivity index (χ4n) is 9.68. The summed E-state index contributed by atoms with van der Waals surface area (Å²) in [7, 11) is 0. The molecule has 0 unspecified atom stereocenters. The average molecular weight is 525 g/mol. The van der Waals surface area contributed by atoms with Gasteiger partial charge in [0.15, 0.2) is 0 Å². The number of fused-ring (bicyclic) bond motifs is 5. The van der Waals surface area contributed by atoms with Gasteiger partial charge >= 0.3 is 11.9 Å². The van der Waals surface area contributed by atoms with Crippen molar-refractivity contribution in [1.29, 1.82) is 0 Å². The number of aliphatic carboxylic acids is 1. The van der Waals surface area contributed by atoms with E-state index in [9.17, 15) is 19.8 Å². The van der Waals surface area contributed by atoms with E-state index in [1.807, 2.05) is 30.3 Å². The van der Waals surface area contributed by atoms with Gasteiger partial charge in [0.25, 0.3) is 0 Å². The van der Waals surface area contributed by atoms with Crippen molar-refractivity contribution < 1.29 is 24.5 Å². The van der Waals surface area contributed by atoms with E-state index in [0.717, 1.165) is 49.7 Å². The molecule has 7 nitrogen and oxygen atoms in total. The van der Waals surface area contributed by atoms with E-state index >= 15 is 0 Å². The molecule has 0 spiro atoms. The van der Waals surface area contributed by atoms with E-state index in [2.05, 4.69) is 13.8 Å². The summed E-state index contributed by atoms with van der Waals surface area (Å²) in [6.45, 7) is 6.45. The fraction of sp³-hybridized carbons (Fsp3) is 0.677. The van der Waals surface area contributed by atoms with Gasteiger partial charge in [-0.05, 0) is 91.2 Å². The molecule has 0 heterocycles. The second kappa shape index (κ2) is 9.76. The van der Waals surface area contributed by atoms with Crippen LogP contribution in [0.15, 0.2) is 41.5 Å². The minimum absolute atomic E-state index is 0.0344. The number of aliphatic hydroxyl groups is 1. The Morgan fingerprint density at radius 3 is 2.42 bits per heavy atom. The van der Waals surface area contributed by atoms with E-state index in [4.69, 9.17) is 16.2 Å². The van der Waals surface area contributed by atoms with Gasteiger partial charge in [-0.3, -0.25) is 4.79 Å². The first-order valence-electron chi connectivity index (χ1n) is 14.3. The number of aliphatic hydroxyl groups excluding tert-OH is 1. The van der Waals surface area contributed by atoms with Crippen molar-refractivity contribution in [3.63, 3.8) is 0 Å².